The van der Waals surface area contributed by atoms with Gasteiger partial charge in [-0.05, 0) is 37.1 Å². The molecule has 0 saturated carbocycles. The predicted octanol–water partition coefficient (Wildman–Crippen LogP) is 2.46. The first-order chi connectivity index (χ1) is 9.49. The van der Waals surface area contributed by atoms with Gasteiger partial charge < -0.3 is 10.5 Å². The topological polar surface area (TPSA) is 38.5 Å². The molecule has 1 aliphatic rings. The minimum absolute atomic E-state index is 0.210. The maximum absolute atomic E-state index is 13.6. The van der Waals surface area contributed by atoms with Gasteiger partial charge in [-0.15, -0.1) is 0 Å². The van der Waals surface area contributed by atoms with E-state index < -0.39 is 0 Å². The first kappa shape index (κ1) is 15.4. The van der Waals surface area contributed by atoms with Crippen LogP contribution in [0.15, 0.2) is 18.2 Å². The second-order valence-corrected chi connectivity index (χ2v) is 5.79. The molecule has 0 aliphatic carbocycles. The van der Waals surface area contributed by atoms with Crippen molar-refractivity contribution in [2.45, 2.75) is 39.0 Å². The first-order valence-electron chi connectivity index (χ1n) is 6.94. The summed E-state index contributed by atoms with van der Waals surface area (Å²) in [4.78, 5) is 2.57. The third-order valence-corrected chi connectivity index (χ3v) is 3.92. The maximum Gasteiger partial charge on any atom is 0.124 e. The highest BCUT2D eigenvalue weighted by atomic mass is 32.1. The molecular weight excluding hydrogens is 275 g/mol. The Kier molecular flexibility index (Phi) is 5.07. The van der Waals surface area contributed by atoms with Crippen molar-refractivity contribution in [1.82, 2.24) is 4.90 Å². The molecule has 1 fully saturated rings. The lowest BCUT2D eigenvalue weighted by Gasteiger charge is -2.38. The Morgan fingerprint density at radius 3 is 2.90 bits per heavy atom. The number of hydrogen-bond acceptors (Lipinski definition) is 3. The number of nitrogens with two attached hydrogens (primary N) is 1. The summed E-state index contributed by atoms with van der Waals surface area (Å²) in [6, 6.07) is 5.18. The molecule has 2 atom stereocenters. The molecule has 2 unspecified atom stereocenters. The third kappa shape index (κ3) is 3.75. The summed E-state index contributed by atoms with van der Waals surface area (Å²) in [7, 11) is 0. The molecule has 1 saturated heterocycles. The van der Waals surface area contributed by atoms with Gasteiger partial charge in [0.25, 0.3) is 0 Å². The zero-order valence-corrected chi connectivity index (χ0v) is 12.8. The van der Waals surface area contributed by atoms with E-state index in [4.69, 9.17) is 22.7 Å². The van der Waals surface area contributed by atoms with E-state index in [-0.39, 0.29) is 16.9 Å². The Bertz CT molecular complexity index is 495. The highest BCUT2D eigenvalue weighted by Gasteiger charge is 2.25. The summed E-state index contributed by atoms with van der Waals surface area (Å²) >= 11 is 4.93. The molecule has 20 heavy (non-hydrogen) atoms. The van der Waals surface area contributed by atoms with E-state index in [1.54, 1.807) is 6.07 Å². The highest BCUT2D eigenvalue weighted by Crippen LogP contribution is 2.19. The van der Waals surface area contributed by atoms with Crippen LogP contribution in [0.2, 0.25) is 0 Å². The van der Waals surface area contributed by atoms with Crippen molar-refractivity contribution in [2.75, 3.05) is 13.2 Å². The maximum atomic E-state index is 13.6. The van der Waals surface area contributed by atoms with Gasteiger partial charge in [0.1, 0.15) is 10.8 Å². The molecule has 0 amide bonds. The second kappa shape index (κ2) is 6.61. The number of benzene rings is 1. The van der Waals surface area contributed by atoms with Gasteiger partial charge in [-0.2, -0.15) is 0 Å². The third-order valence-electron chi connectivity index (χ3n) is 3.68. The molecule has 1 aromatic rings. The van der Waals surface area contributed by atoms with E-state index in [1.165, 1.54) is 6.07 Å². The molecule has 0 bridgehead atoms. The van der Waals surface area contributed by atoms with E-state index in [0.29, 0.717) is 18.2 Å². The number of morpholine rings is 1. The average Bonchev–Trinajstić information content (AvgIpc) is 2.38. The first-order valence-corrected chi connectivity index (χ1v) is 7.35. The molecule has 1 aromatic carbocycles. The lowest BCUT2D eigenvalue weighted by atomic mass is 10.1. The van der Waals surface area contributed by atoms with Gasteiger partial charge in [0.05, 0.1) is 12.7 Å². The molecule has 2 rings (SSSR count). The Hall–Kier alpha value is -1.04. The van der Waals surface area contributed by atoms with Gasteiger partial charge in [0, 0.05) is 24.7 Å². The SMILES string of the molecule is CCC1COC(C)CN1Cc1cc(F)cc(C(N)=S)c1. The van der Waals surface area contributed by atoms with Crippen LogP contribution in [0.4, 0.5) is 4.39 Å². The van der Waals surface area contributed by atoms with Crippen LogP contribution in [0, 0.1) is 5.82 Å². The number of nitrogens with zero attached hydrogens (tertiary/aromatic N) is 1. The molecule has 0 aromatic heterocycles. The normalized spacial score (nSPS) is 23.8. The van der Waals surface area contributed by atoms with Gasteiger partial charge >= 0.3 is 0 Å². The average molecular weight is 296 g/mol. The smallest absolute Gasteiger partial charge is 0.124 e. The monoisotopic (exact) mass is 296 g/mol. The fourth-order valence-electron chi connectivity index (χ4n) is 2.60. The second-order valence-electron chi connectivity index (χ2n) is 5.35. The molecule has 5 heteroatoms. The minimum atomic E-state index is -0.292. The van der Waals surface area contributed by atoms with E-state index >= 15 is 0 Å². The molecule has 110 valence electrons. The van der Waals surface area contributed by atoms with E-state index in [2.05, 4.69) is 18.7 Å². The highest BCUT2D eigenvalue weighted by molar-refractivity contribution is 7.80. The van der Waals surface area contributed by atoms with E-state index in [0.717, 1.165) is 25.1 Å². The lowest BCUT2D eigenvalue weighted by Crippen LogP contribution is -2.47. The molecule has 0 spiro atoms. The number of hydrogen-bond donors (Lipinski definition) is 1. The molecule has 1 aliphatic heterocycles. The van der Waals surface area contributed by atoms with Crippen LogP contribution in [0.5, 0.6) is 0 Å². The van der Waals surface area contributed by atoms with Crippen molar-refractivity contribution >= 4 is 17.2 Å². The zero-order chi connectivity index (χ0) is 14.7. The summed E-state index contributed by atoms with van der Waals surface area (Å²) in [5, 5.41) is 0. The van der Waals surface area contributed by atoms with E-state index in [9.17, 15) is 4.39 Å². The molecule has 3 nitrogen and oxygen atoms in total. The number of thiocarbonyl (C=S) groups is 1. The van der Waals surface area contributed by atoms with Gasteiger partial charge in [-0.3, -0.25) is 4.90 Å². The Morgan fingerprint density at radius 1 is 1.50 bits per heavy atom. The summed E-state index contributed by atoms with van der Waals surface area (Å²) < 4.78 is 19.3. The Labute approximate surface area is 124 Å². The summed E-state index contributed by atoms with van der Waals surface area (Å²) in [5.41, 5.74) is 7.08. The fourth-order valence-corrected chi connectivity index (χ4v) is 2.72. The Morgan fingerprint density at radius 2 is 2.25 bits per heavy atom. The molecule has 1 heterocycles. The van der Waals surface area contributed by atoms with Gasteiger partial charge in [0.15, 0.2) is 0 Å². The molecule has 0 radical (unpaired) electrons. The Balaban J connectivity index is 2.17. The zero-order valence-electron chi connectivity index (χ0n) is 11.9. The van der Waals surface area contributed by atoms with Gasteiger partial charge in [-0.25, -0.2) is 4.39 Å². The lowest BCUT2D eigenvalue weighted by molar-refractivity contribution is -0.0592. The van der Waals surface area contributed by atoms with Crippen LogP contribution in [0.25, 0.3) is 0 Å². The summed E-state index contributed by atoms with van der Waals surface area (Å²) in [5.74, 6) is -0.292. The van der Waals surface area contributed by atoms with Crippen LogP contribution in [0.3, 0.4) is 0 Å². The van der Waals surface area contributed by atoms with Gasteiger partial charge in [0.2, 0.25) is 0 Å². The molecular formula is C15H21FN2OS. The summed E-state index contributed by atoms with van der Waals surface area (Å²) in [6.45, 7) is 6.49. The quantitative estimate of drug-likeness (QED) is 0.866. The van der Waals surface area contributed by atoms with Crippen LogP contribution in [-0.4, -0.2) is 35.2 Å². The van der Waals surface area contributed by atoms with Crippen LogP contribution in [0.1, 0.15) is 31.4 Å². The standard InChI is InChI=1S/C15H21FN2OS/c1-3-14-9-19-10(2)7-18(14)8-11-4-12(15(17)20)6-13(16)5-11/h4-6,10,14H,3,7-9H2,1-2H3,(H2,17,20). The van der Waals surface area contributed by atoms with Crippen molar-refractivity contribution in [2.24, 2.45) is 5.73 Å². The van der Waals surface area contributed by atoms with Crippen LogP contribution < -0.4 is 5.73 Å². The number of ether oxygens (including phenoxy) is 1. The largest absolute Gasteiger partial charge is 0.389 e. The number of halogens is 1. The van der Waals surface area contributed by atoms with Crippen molar-refractivity contribution in [3.8, 4) is 0 Å². The minimum Gasteiger partial charge on any atom is -0.389 e. The summed E-state index contributed by atoms with van der Waals surface area (Å²) in [6.07, 6.45) is 1.23. The van der Waals surface area contributed by atoms with Crippen LogP contribution >= 0.6 is 12.2 Å². The van der Waals surface area contributed by atoms with Crippen molar-refractivity contribution in [1.29, 1.82) is 0 Å². The van der Waals surface area contributed by atoms with Crippen molar-refractivity contribution in [3.63, 3.8) is 0 Å². The van der Waals surface area contributed by atoms with Crippen LogP contribution in [-0.2, 0) is 11.3 Å². The number of rotatable bonds is 4. The van der Waals surface area contributed by atoms with Crippen molar-refractivity contribution < 1.29 is 9.13 Å². The van der Waals surface area contributed by atoms with Crippen molar-refractivity contribution in [3.05, 3.63) is 35.1 Å². The fraction of sp³-hybridized carbons (Fsp3) is 0.533. The predicted molar refractivity (Wildman–Crippen MR) is 82.2 cm³/mol. The van der Waals surface area contributed by atoms with Gasteiger partial charge in [-0.1, -0.05) is 19.1 Å². The molecule has 2 N–H and O–H groups in total. The van der Waals surface area contributed by atoms with E-state index in [1.807, 2.05) is 6.07 Å².